The Morgan fingerprint density at radius 2 is 1.00 bits per heavy atom. The van der Waals surface area contributed by atoms with Crippen molar-refractivity contribution in [3.63, 3.8) is 0 Å². The Bertz CT molecular complexity index is 810. The minimum absolute atomic E-state index is 0.248. The lowest BCUT2D eigenvalue weighted by Gasteiger charge is -2.27. The summed E-state index contributed by atoms with van der Waals surface area (Å²) in [6.07, 6.45) is 0. The van der Waals surface area contributed by atoms with E-state index in [0.29, 0.717) is 5.69 Å². The van der Waals surface area contributed by atoms with Crippen LogP contribution in [0.4, 0.5) is 5.69 Å². The standard InChI is InChI=1S/C21H17NO3/c23-19(16-10-4-1-5-11-16)21(25,22-18-14-8-3-9-15-18)20(24)17-12-6-2-7-13-17/h1-15,22,25H. The average Bonchev–Trinajstić information content (AvgIpc) is 2.69. The summed E-state index contributed by atoms with van der Waals surface area (Å²) in [4.78, 5) is 25.9. The fraction of sp³-hybridized carbons (Fsp3) is 0.0476. The van der Waals surface area contributed by atoms with Crippen LogP contribution in [0.25, 0.3) is 0 Å². The van der Waals surface area contributed by atoms with E-state index in [9.17, 15) is 14.7 Å². The molecule has 2 N–H and O–H groups in total. The van der Waals surface area contributed by atoms with Gasteiger partial charge in [-0.05, 0) is 12.1 Å². The molecular formula is C21H17NO3. The molecular weight excluding hydrogens is 314 g/mol. The molecule has 25 heavy (non-hydrogen) atoms. The van der Waals surface area contributed by atoms with Crippen molar-refractivity contribution < 1.29 is 14.7 Å². The zero-order valence-electron chi connectivity index (χ0n) is 13.4. The molecule has 0 aliphatic rings. The van der Waals surface area contributed by atoms with Gasteiger partial charge in [-0.2, -0.15) is 0 Å². The smallest absolute Gasteiger partial charge is 0.266 e. The highest BCUT2D eigenvalue weighted by Gasteiger charge is 2.44. The molecule has 124 valence electrons. The number of para-hydroxylation sites is 1. The summed E-state index contributed by atoms with van der Waals surface area (Å²) >= 11 is 0. The molecule has 0 spiro atoms. The molecule has 0 fully saturated rings. The topological polar surface area (TPSA) is 66.4 Å². The van der Waals surface area contributed by atoms with Crippen molar-refractivity contribution in [2.45, 2.75) is 5.72 Å². The highest BCUT2D eigenvalue weighted by atomic mass is 16.3. The minimum Gasteiger partial charge on any atom is -0.358 e. The van der Waals surface area contributed by atoms with Crippen LogP contribution in [0.2, 0.25) is 0 Å². The zero-order valence-corrected chi connectivity index (χ0v) is 13.4. The number of nitrogens with one attached hydrogen (secondary N) is 1. The maximum atomic E-state index is 13.0. The summed E-state index contributed by atoms with van der Waals surface area (Å²) in [5, 5.41) is 13.8. The maximum Gasteiger partial charge on any atom is 0.266 e. The first-order chi connectivity index (χ1) is 12.1. The molecule has 3 aromatic carbocycles. The van der Waals surface area contributed by atoms with Crippen LogP contribution in [-0.2, 0) is 0 Å². The van der Waals surface area contributed by atoms with Crippen LogP contribution in [0.1, 0.15) is 20.7 Å². The van der Waals surface area contributed by atoms with Crippen LogP contribution in [0.5, 0.6) is 0 Å². The molecule has 0 aliphatic heterocycles. The van der Waals surface area contributed by atoms with E-state index >= 15 is 0 Å². The lowest BCUT2D eigenvalue weighted by molar-refractivity contribution is 0.0388. The summed E-state index contributed by atoms with van der Waals surface area (Å²) in [6, 6.07) is 25.2. The van der Waals surface area contributed by atoms with Gasteiger partial charge in [-0.15, -0.1) is 0 Å². The number of hydrogen-bond acceptors (Lipinski definition) is 4. The van der Waals surface area contributed by atoms with E-state index in [2.05, 4.69) is 5.32 Å². The third-order valence-electron chi connectivity index (χ3n) is 3.83. The van der Waals surface area contributed by atoms with E-state index in [1.165, 1.54) is 0 Å². The van der Waals surface area contributed by atoms with Gasteiger partial charge in [0.2, 0.25) is 11.6 Å². The molecule has 0 radical (unpaired) electrons. The summed E-state index contributed by atoms with van der Waals surface area (Å²) in [7, 11) is 0. The fourth-order valence-electron chi connectivity index (χ4n) is 2.54. The van der Waals surface area contributed by atoms with Crippen molar-refractivity contribution >= 4 is 17.3 Å². The normalized spacial score (nSPS) is 10.9. The zero-order chi connectivity index (χ0) is 17.7. The number of carbonyl (C=O) groups is 2. The molecule has 0 unspecified atom stereocenters. The van der Waals surface area contributed by atoms with Gasteiger partial charge in [-0.1, -0.05) is 78.9 Å². The Kier molecular flexibility index (Phi) is 4.73. The van der Waals surface area contributed by atoms with Crippen molar-refractivity contribution in [2.24, 2.45) is 0 Å². The monoisotopic (exact) mass is 331 g/mol. The van der Waals surface area contributed by atoms with Crippen molar-refractivity contribution in [3.05, 3.63) is 102 Å². The predicted octanol–water partition coefficient (Wildman–Crippen LogP) is 3.55. The van der Waals surface area contributed by atoms with Crippen molar-refractivity contribution in [3.8, 4) is 0 Å². The largest absolute Gasteiger partial charge is 0.358 e. The summed E-state index contributed by atoms with van der Waals surface area (Å²) in [5.41, 5.74) is -1.43. The number of benzene rings is 3. The van der Waals surface area contributed by atoms with E-state index in [-0.39, 0.29) is 11.1 Å². The van der Waals surface area contributed by atoms with E-state index in [0.717, 1.165) is 0 Å². The molecule has 0 saturated heterocycles. The second-order valence-electron chi connectivity index (χ2n) is 5.59. The lowest BCUT2D eigenvalue weighted by Crippen LogP contribution is -2.53. The molecule has 4 nitrogen and oxygen atoms in total. The van der Waals surface area contributed by atoms with Gasteiger partial charge >= 0.3 is 0 Å². The second-order valence-corrected chi connectivity index (χ2v) is 5.59. The van der Waals surface area contributed by atoms with Gasteiger partial charge in [0.1, 0.15) is 0 Å². The summed E-state index contributed by atoms with van der Waals surface area (Å²) in [5.74, 6) is -1.41. The van der Waals surface area contributed by atoms with E-state index in [1.807, 2.05) is 6.07 Å². The molecule has 3 rings (SSSR count). The summed E-state index contributed by atoms with van der Waals surface area (Å²) in [6.45, 7) is 0. The molecule has 3 aromatic rings. The van der Waals surface area contributed by atoms with Gasteiger partial charge in [0, 0.05) is 16.8 Å². The maximum absolute atomic E-state index is 13.0. The van der Waals surface area contributed by atoms with Gasteiger partial charge < -0.3 is 10.4 Å². The fourth-order valence-corrected chi connectivity index (χ4v) is 2.54. The summed E-state index contributed by atoms with van der Waals surface area (Å²) < 4.78 is 0. The average molecular weight is 331 g/mol. The molecule has 4 heteroatoms. The second kappa shape index (κ2) is 7.11. The number of hydrogen-bond donors (Lipinski definition) is 2. The highest BCUT2D eigenvalue weighted by Crippen LogP contribution is 2.22. The van der Waals surface area contributed by atoms with Crippen LogP contribution in [0.15, 0.2) is 91.0 Å². The quantitative estimate of drug-likeness (QED) is 0.412. The number of aliphatic hydroxyl groups is 1. The van der Waals surface area contributed by atoms with E-state index < -0.39 is 17.3 Å². The van der Waals surface area contributed by atoms with Crippen LogP contribution in [-0.4, -0.2) is 22.4 Å². The first-order valence-corrected chi connectivity index (χ1v) is 7.86. The number of carbonyl (C=O) groups excluding carboxylic acids is 2. The molecule has 0 saturated carbocycles. The van der Waals surface area contributed by atoms with Crippen LogP contribution >= 0.6 is 0 Å². The number of Topliss-reactive ketones (excluding diaryl/α,β-unsaturated/α-hetero) is 2. The van der Waals surface area contributed by atoms with Crippen LogP contribution < -0.4 is 5.32 Å². The number of anilines is 1. The van der Waals surface area contributed by atoms with Gasteiger partial charge in [0.05, 0.1) is 0 Å². The Balaban J connectivity index is 2.04. The first-order valence-electron chi connectivity index (χ1n) is 7.86. The van der Waals surface area contributed by atoms with Crippen molar-refractivity contribution in [1.82, 2.24) is 0 Å². The number of rotatable bonds is 6. The Morgan fingerprint density at radius 3 is 1.40 bits per heavy atom. The lowest BCUT2D eigenvalue weighted by atomic mass is 9.92. The molecule has 0 atom stereocenters. The van der Waals surface area contributed by atoms with Gasteiger partial charge in [-0.3, -0.25) is 9.59 Å². The van der Waals surface area contributed by atoms with Gasteiger partial charge in [0.15, 0.2) is 0 Å². The Hall–Kier alpha value is -3.24. The molecule has 0 aromatic heterocycles. The van der Waals surface area contributed by atoms with Crippen molar-refractivity contribution in [1.29, 1.82) is 0 Å². The Morgan fingerprint density at radius 1 is 0.640 bits per heavy atom. The Labute approximate surface area is 145 Å². The highest BCUT2D eigenvalue weighted by molar-refractivity contribution is 6.23. The van der Waals surface area contributed by atoms with Crippen LogP contribution in [0, 0.1) is 0 Å². The van der Waals surface area contributed by atoms with Crippen LogP contribution in [0.3, 0.4) is 0 Å². The molecule has 0 aliphatic carbocycles. The van der Waals surface area contributed by atoms with E-state index in [4.69, 9.17) is 0 Å². The third kappa shape index (κ3) is 3.49. The third-order valence-corrected chi connectivity index (χ3v) is 3.83. The SMILES string of the molecule is O=C(c1ccccc1)C(O)(Nc1ccccc1)C(=O)c1ccccc1. The van der Waals surface area contributed by atoms with Crippen molar-refractivity contribution in [2.75, 3.05) is 5.32 Å². The first kappa shape index (κ1) is 16.6. The van der Waals surface area contributed by atoms with Gasteiger partial charge in [-0.25, -0.2) is 0 Å². The van der Waals surface area contributed by atoms with Gasteiger partial charge in [0.25, 0.3) is 5.72 Å². The molecule has 0 bridgehead atoms. The minimum atomic E-state index is -2.40. The predicted molar refractivity (Wildman–Crippen MR) is 96.6 cm³/mol. The number of ketones is 2. The molecule has 0 amide bonds. The van der Waals surface area contributed by atoms with E-state index in [1.54, 1.807) is 84.9 Å². The molecule has 0 heterocycles.